The maximum absolute atomic E-state index is 5.67. The number of rotatable bonds is 4. The van der Waals surface area contributed by atoms with E-state index in [-0.39, 0.29) is 5.60 Å². The molecule has 2 rings (SSSR count). The molecule has 0 aromatic heterocycles. The normalized spacial score (nSPS) is 24.6. The van der Waals surface area contributed by atoms with E-state index in [0.29, 0.717) is 0 Å². The van der Waals surface area contributed by atoms with Crippen molar-refractivity contribution in [3.05, 3.63) is 29.8 Å². The molecule has 1 unspecified atom stereocenters. The Hall–Kier alpha value is -1.06. The van der Waals surface area contributed by atoms with Gasteiger partial charge in [0.1, 0.15) is 5.75 Å². The maximum Gasteiger partial charge on any atom is 0.118 e. The second kappa shape index (κ2) is 4.85. The third-order valence-corrected chi connectivity index (χ3v) is 3.32. The molecule has 1 heterocycles. The first-order valence-corrected chi connectivity index (χ1v) is 5.67. The predicted molar refractivity (Wildman–Crippen MR) is 63.9 cm³/mol. The van der Waals surface area contributed by atoms with Gasteiger partial charge in [-0.15, -0.1) is 0 Å². The van der Waals surface area contributed by atoms with Crippen molar-refractivity contribution >= 4 is 0 Å². The largest absolute Gasteiger partial charge is 0.497 e. The Balaban J connectivity index is 2.07. The Morgan fingerprint density at radius 3 is 2.50 bits per heavy atom. The van der Waals surface area contributed by atoms with E-state index < -0.39 is 0 Å². The highest BCUT2D eigenvalue weighted by molar-refractivity contribution is 5.28. The lowest BCUT2D eigenvalue weighted by atomic mass is 9.93. The third-order valence-electron chi connectivity index (χ3n) is 3.32. The Morgan fingerprint density at radius 2 is 2.00 bits per heavy atom. The number of ether oxygens (including phenoxy) is 2. The molecule has 16 heavy (non-hydrogen) atoms. The molecule has 1 aliphatic rings. The van der Waals surface area contributed by atoms with Crippen LogP contribution in [0.25, 0.3) is 0 Å². The number of hydrogen-bond acceptors (Lipinski definition) is 3. The molecule has 1 saturated heterocycles. The summed E-state index contributed by atoms with van der Waals surface area (Å²) in [4.78, 5) is 0. The molecule has 0 radical (unpaired) electrons. The highest BCUT2D eigenvalue weighted by Crippen LogP contribution is 2.25. The van der Waals surface area contributed by atoms with Gasteiger partial charge in [-0.1, -0.05) is 12.1 Å². The lowest BCUT2D eigenvalue weighted by molar-refractivity contribution is 0.00775. The second-order valence-corrected chi connectivity index (χ2v) is 4.34. The van der Waals surface area contributed by atoms with Crippen molar-refractivity contribution in [3.8, 4) is 5.75 Å². The number of hydrogen-bond donors (Lipinski definition) is 1. The smallest absolute Gasteiger partial charge is 0.118 e. The van der Waals surface area contributed by atoms with Crippen molar-refractivity contribution in [2.75, 3.05) is 27.3 Å². The van der Waals surface area contributed by atoms with Gasteiger partial charge in [0.25, 0.3) is 0 Å². The summed E-state index contributed by atoms with van der Waals surface area (Å²) in [5.41, 5.74) is 1.28. The topological polar surface area (TPSA) is 30.5 Å². The van der Waals surface area contributed by atoms with Gasteiger partial charge < -0.3 is 14.8 Å². The molecular formula is C13H19NO2. The van der Waals surface area contributed by atoms with E-state index in [4.69, 9.17) is 9.47 Å². The average molecular weight is 221 g/mol. The number of benzene rings is 1. The van der Waals surface area contributed by atoms with E-state index in [1.807, 2.05) is 12.1 Å². The van der Waals surface area contributed by atoms with Crippen LogP contribution in [-0.4, -0.2) is 32.9 Å². The summed E-state index contributed by atoms with van der Waals surface area (Å²) in [6, 6.07) is 8.22. The zero-order chi connectivity index (χ0) is 11.4. The van der Waals surface area contributed by atoms with Gasteiger partial charge in [-0.3, -0.25) is 0 Å². The van der Waals surface area contributed by atoms with Gasteiger partial charge in [-0.25, -0.2) is 0 Å². The fraction of sp³-hybridized carbons (Fsp3) is 0.538. The molecule has 88 valence electrons. The summed E-state index contributed by atoms with van der Waals surface area (Å²) in [6.45, 7) is 1.99. The van der Waals surface area contributed by atoms with Crippen molar-refractivity contribution in [2.45, 2.75) is 18.4 Å². The minimum atomic E-state index is -0.0193. The quantitative estimate of drug-likeness (QED) is 0.838. The van der Waals surface area contributed by atoms with Gasteiger partial charge in [-0.05, 0) is 30.7 Å². The first-order valence-electron chi connectivity index (χ1n) is 5.67. The summed E-state index contributed by atoms with van der Waals surface area (Å²) in [6.07, 6.45) is 2.04. The van der Waals surface area contributed by atoms with Crippen LogP contribution in [0.2, 0.25) is 0 Å². The summed E-state index contributed by atoms with van der Waals surface area (Å²) < 4.78 is 10.8. The van der Waals surface area contributed by atoms with Crippen LogP contribution in [0.1, 0.15) is 12.0 Å². The Labute approximate surface area is 96.8 Å². The van der Waals surface area contributed by atoms with Gasteiger partial charge >= 0.3 is 0 Å². The summed E-state index contributed by atoms with van der Waals surface area (Å²) >= 11 is 0. The fourth-order valence-electron chi connectivity index (χ4n) is 2.23. The van der Waals surface area contributed by atoms with Crippen LogP contribution in [0.5, 0.6) is 5.75 Å². The monoisotopic (exact) mass is 221 g/mol. The first kappa shape index (κ1) is 11.4. The highest BCUT2D eigenvalue weighted by atomic mass is 16.5. The molecule has 0 aliphatic carbocycles. The zero-order valence-corrected chi connectivity index (χ0v) is 9.95. The van der Waals surface area contributed by atoms with Crippen molar-refractivity contribution in [2.24, 2.45) is 0 Å². The minimum Gasteiger partial charge on any atom is -0.497 e. The van der Waals surface area contributed by atoms with E-state index in [1.54, 1.807) is 14.2 Å². The van der Waals surface area contributed by atoms with Crippen LogP contribution in [0, 0.1) is 0 Å². The Kier molecular flexibility index (Phi) is 3.46. The molecule has 0 spiro atoms. The number of nitrogens with one attached hydrogen (secondary N) is 1. The lowest BCUT2D eigenvalue weighted by Gasteiger charge is -2.26. The minimum absolute atomic E-state index is 0.0193. The summed E-state index contributed by atoms with van der Waals surface area (Å²) in [5.74, 6) is 0.903. The molecule has 3 nitrogen and oxygen atoms in total. The van der Waals surface area contributed by atoms with Gasteiger partial charge in [0.2, 0.25) is 0 Å². The van der Waals surface area contributed by atoms with E-state index in [2.05, 4.69) is 17.4 Å². The molecule has 0 bridgehead atoms. The Bertz CT molecular complexity index is 328. The van der Waals surface area contributed by atoms with E-state index in [9.17, 15) is 0 Å². The molecule has 0 saturated carbocycles. The molecule has 3 heteroatoms. The molecular weight excluding hydrogens is 202 g/mol. The van der Waals surface area contributed by atoms with Gasteiger partial charge in [0, 0.05) is 20.1 Å². The highest BCUT2D eigenvalue weighted by Gasteiger charge is 2.33. The number of methoxy groups -OCH3 is 2. The van der Waals surface area contributed by atoms with Crippen LogP contribution >= 0.6 is 0 Å². The predicted octanol–water partition coefficient (Wildman–Crippen LogP) is 1.62. The van der Waals surface area contributed by atoms with E-state index >= 15 is 0 Å². The molecule has 1 fully saturated rings. The lowest BCUT2D eigenvalue weighted by Crippen LogP contribution is -2.36. The third kappa shape index (κ3) is 2.36. The zero-order valence-electron chi connectivity index (χ0n) is 9.95. The summed E-state index contributed by atoms with van der Waals surface area (Å²) in [7, 11) is 3.49. The van der Waals surface area contributed by atoms with Gasteiger partial charge in [0.15, 0.2) is 0 Å². The molecule has 1 N–H and O–H groups in total. The van der Waals surface area contributed by atoms with E-state index in [1.165, 1.54) is 5.56 Å². The Morgan fingerprint density at radius 1 is 1.25 bits per heavy atom. The van der Waals surface area contributed by atoms with Crippen LogP contribution in [-0.2, 0) is 11.2 Å². The molecule has 1 aromatic carbocycles. The van der Waals surface area contributed by atoms with Crippen LogP contribution in [0.4, 0.5) is 0 Å². The fourth-order valence-corrected chi connectivity index (χ4v) is 2.23. The maximum atomic E-state index is 5.67. The molecule has 1 atom stereocenters. The molecule has 0 amide bonds. The van der Waals surface area contributed by atoms with Crippen molar-refractivity contribution in [1.82, 2.24) is 5.32 Å². The average Bonchev–Trinajstić information content (AvgIpc) is 2.79. The second-order valence-electron chi connectivity index (χ2n) is 4.34. The molecule has 1 aliphatic heterocycles. The van der Waals surface area contributed by atoms with E-state index in [0.717, 1.165) is 31.7 Å². The van der Waals surface area contributed by atoms with Crippen molar-refractivity contribution in [1.29, 1.82) is 0 Å². The van der Waals surface area contributed by atoms with Crippen molar-refractivity contribution in [3.63, 3.8) is 0 Å². The van der Waals surface area contributed by atoms with Crippen LogP contribution < -0.4 is 10.1 Å². The van der Waals surface area contributed by atoms with Crippen LogP contribution in [0.3, 0.4) is 0 Å². The van der Waals surface area contributed by atoms with Crippen molar-refractivity contribution < 1.29 is 9.47 Å². The van der Waals surface area contributed by atoms with Crippen LogP contribution in [0.15, 0.2) is 24.3 Å². The SMILES string of the molecule is COc1ccc(CC2(OC)CCNC2)cc1. The molecule has 1 aromatic rings. The van der Waals surface area contributed by atoms with Gasteiger partial charge in [0.05, 0.1) is 12.7 Å². The summed E-state index contributed by atoms with van der Waals surface area (Å²) in [5, 5.41) is 3.36. The standard InChI is InChI=1S/C13H19NO2/c1-15-12-5-3-11(4-6-12)9-13(16-2)7-8-14-10-13/h3-6,14H,7-10H2,1-2H3. The first-order chi connectivity index (χ1) is 7.78. The van der Waals surface area contributed by atoms with Gasteiger partial charge in [-0.2, -0.15) is 0 Å².